The third kappa shape index (κ3) is 2.52. The van der Waals surface area contributed by atoms with Crippen LogP contribution in [0, 0.1) is 0 Å². The molecule has 1 aliphatic rings. The minimum absolute atomic E-state index is 0.111. The molecule has 8 heteroatoms. The van der Waals surface area contributed by atoms with Crippen molar-refractivity contribution in [2.24, 2.45) is 0 Å². The molecule has 1 aromatic carbocycles. The van der Waals surface area contributed by atoms with Gasteiger partial charge in [-0.1, -0.05) is 15.9 Å². The Morgan fingerprint density at radius 3 is 3.00 bits per heavy atom. The van der Waals surface area contributed by atoms with Crippen LogP contribution in [0.2, 0.25) is 0 Å². The van der Waals surface area contributed by atoms with Gasteiger partial charge >= 0.3 is 0 Å². The van der Waals surface area contributed by atoms with E-state index in [1.54, 1.807) is 6.20 Å². The quantitative estimate of drug-likeness (QED) is 0.737. The van der Waals surface area contributed by atoms with Gasteiger partial charge in [0, 0.05) is 16.5 Å². The molecule has 1 aliphatic heterocycles. The fourth-order valence-electron chi connectivity index (χ4n) is 2.73. The summed E-state index contributed by atoms with van der Waals surface area (Å²) in [5.74, 6) is 1.29. The van der Waals surface area contributed by atoms with Crippen LogP contribution in [-0.2, 0) is 6.42 Å². The Hall–Kier alpha value is -2.48. The molecule has 0 amide bonds. The minimum atomic E-state index is 0.111. The number of nitrogens with zero attached hydrogens (tertiary/aromatic N) is 4. The molecule has 2 N–H and O–H groups in total. The molecule has 0 radical (unpaired) electrons. The van der Waals surface area contributed by atoms with E-state index < -0.39 is 0 Å². The molecule has 0 aliphatic carbocycles. The molecule has 122 valence electrons. The van der Waals surface area contributed by atoms with Crippen LogP contribution >= 0.6 is 15.9 Å². The first-order valence-corrected chi connectivity index (χ1v) is 8.33. The highest BCUT2D eigenvalue weighted by atomic mass is 79.9. The summed E-state index contributed by atoms with van der Waals surface area (Å²) in [6, 6.07) is 4.04. The van der Waals surface area contributed by atoms with Crippen molar-refractivity contribution in [3.05, 3.63) is 28.4 Å². The number of aromatic nitrogens is 4. The minimum Gasteiger partial charge on any atom is -0.492 e. The summed E-state index contributed by atoms with van der Waals surface area (Å²) in [5.41, 5.74) is 9.30. The second kappa shape index (κ2) is 5.86. The second-order valence-electron chi connectivity index (χ2n) is 5.29. The van der Waals surface area contributed by atoms with Crippen LogP contribution in [0.15, 0.2) is 22.8 Å². The standard InChI is InChI=1S/C16H14BrN5O2/c1-2-23-15-12-14(21-16(18)22-15)19-7-11(20-12)10-6-9(17)5-8-3-4-24-13(8)10/h5-7H,2-4H2,1H3,(H2,18,19,21,22). The number of nitrogen functional groups attached to an aromatic ring is 1. The van der Waals surface area contributed by atoms with E-state index >= 15 is 0 Å². The van der Waals surface area contributed by atoms with Crippen molar-refractivity contribution in [1.29, 1.82) is 0 Å². The molecule has 4 rings (SSSR count). The highest BCUT2D eigenvalue weighted by molar-refractivity contribution is 9.10. The summed E-state index contributed by atoms with van der Waals surface area (Å²) >= 11 is 3.54. The van der Waals surface area contributed by atoms with Gasteiger partial charge in [0.2, 0.25) is 11.8 Å². The maximum atomic E-state index is 5.78. The van der Waals surface area contributed by atoms with Gasteiger partial charge in [0.05, 0.1) is 25.1 Å². The zero-order valence-electron chi connectivity index (χ0n) is 12.9. The van der Waals surface area contributed by atoms with E-state index in [1.807, 2.05) is 13.0 Å². The highest BCUT2D eigenvalue weighted by Gasteiger charge is 2.21. The number of benzene rings is 1. The monoisotopic (exact) mass is 387 g/mol. The van der Waals surface area contributed by atoms with Crippen LogP contribution in [0.1, 0.15) is 12.5 Å². The number of ether oxygens (including phenoxy) is 2. The van der Waals surface area contributed by atoms with Gasteiger partial charge in [0.1, 0.15) is 5.75 Å². The largest absolute Gasteiger partial charge is 0.492 e. The molecule has 0 saturated carbocycles. The summed E-state index contributed by atoms with van der Waals surface area (Å²) in [7, 11) is 0. The summed E-state index contributed by atoms with van der Waals surface area (Å²) in [4.78, 5) is 17.3. The number of fused-ring (bicyclic) bond motifs is 2. The molecule has 0 atom stereocenters. The van der Waals surface area contributed by atoms with Gasteiger partial charge in [-0.15, -0.1) is 0 Å². The summed E-state index contributed by atoms with van der Waals surface area (Å²) in [6.45, 7) is 2.99. The number of rotatable bonds is 3. The zero-order valence-corrected chi connectivity index (χ0v) is 14.5. The summed E-state index contributed by atoms with van der Waals surface area (Å²) in [6.07, 6.45) is 2.54. The van der Waals surface area contributed by atoms with Crippen LogP contribution in [0.3, 0.4) is 0 Å². The van der Waals surface area contributed by atoms with E-state index in [1.165, 1.54) is 0 Å². The molecular formula is C16H14BrN5O2. The molecule has 0 bridgehead atoms. The van der Waals surface area contributed by atoms with Crippen molar-refractivity contribution in [3.8, 4) is 22.9 Å². The third-order valence-electron chi connectivity index (χ3n) is 3.70. The zero-order chi connectivity index (χ0) is 16.7. The lowest BCUT2D eigenvalue weighted by molar-refractivity contribution is 0.330. The van der Waals surface area contributed by atoms with Crippen molar-refractivity contribution in [2.45, 2.75) is 13.3 Å². The Morgan fingerprint density at radius 1 is 1.29 bits per heavy atom. The van der Waals surface area contributed by atoms with E-state index in [4.69, 9.17) is 15.2 Å². The molecule has 0 spiro atoms. The Kier molecular flexibility index (Phi) is 3.68. The molecule has 3 aromatic rings. The lowest BCUT2D eigenvalue weighted by atomic mass is 10.1. The number of nitrogens with two attached hydrogens (primary N) is 1. The van der Waals surface area contributed by atoms with Gasteiger partial charge in [0.15, 0.2) is 11.2 Å². The Labute approximate surface area is 146 Å². The normalized spacial score (nSPS) is 12.9. The fraction of sp³-hybridized carbons (Fsp3) is 0.250. The Morgan fingerprint density at radius 2 is 2.17 bits per heavy atom. The van der Waals surface area contributed by atoms with E-state index in [0.717, 1.165) is 27.8 Å². The lowest BCUT2D eigenvalue weighted by Crippen LogP contribution is -2.04. The lowest BCUT2D eigenvalue weighted by Gasteiger charge is -2.10. The van der Waals surface area contributed by atoms with Crippen LogP contribution in [0.4, 0.5) is 5.95 Å². The van der Waals surface area contributed by atoms with Crippen molar-refractivity contribution < 1.29 is 9.47 Å². The van der Waals surface area contributed by atoms with Crippen LogP contribution in [0.25, 0.3) is 22.4 Å². The number of halogens is 1. The van der Waals surface area contributed by atoms with E-state index in [-0.39, 0.29) is 5.95 Å². The molecule has 0 fully saturated rings. The maximum Gasteiger partial charge on any atom is 0.247 e. The summed E-state index contributed by atoms with van der Waals surface area (Å²) in [5, 5.41) is 0. The predicted molar refractivity (Wildman–Crippen MR) is 93.0 cm³/mol. The number of anilines is 1. The first-order valence-electron chi connectivity index (χ1n) is 7.54. The Bertz CT molecular complexity index is 947. The van der Waals surface area contributed by atoms with E-state index in [2.05, 4.69) is 41.9 Å². The number of hydrogen-bond acceptors (Lipinski definition) is 7. The molecular weight excluding hydrogens is 374 g/mol. The predicted octanol–water partition coefficient (Wildman–Crippen LogP) is 2.77. The SMILES string of the molecule is CCOc1nc(N)nc2ncc(-c3cc(Br)cc4c3OCC4)nc12. The molecule has 7 nitrogen and oxygen atoms in total. The summed E-state index contributed by atoms with van der Waals surface area (Å²) < 4.78 is 12.3. The number of hydrogen-bond donors (Lipinski definition) is 1. The van der Waals surface area contributed by atoms with Crippen LogP contribution in [0.5, 0.6) is 11.6 Å². The topological polar surface area (TPSA) is 96.0 Å². The Balaban J connectivity index is 1.93. The fourth-order valence-corrected chi connectivity index (χ4v) is 3.23. The average Bonchev–Trinajstić information content (AvgIpc) is 3.02. The molecule has 24 heavy (non-hydrogen) atoms. The molecule has 0 unspecified atom stereocenters. The van der Waals surface area contributed by atoms with Crippen molar-refractivity contribution in [2.75, 3.05) is 18.9 Å². The van der Waals surface area contributed by atoms with Crippen LogP contribution in [-0.4, -0.2) is 33.1 Å². The average molecular weight is 388 g/mol. The van der Waals surface area contributed by atoms with Gasteiger partial charge in [-0.25, -0.2) is 9.97 Å². The second-order valence-corrected chi connectivity index (χ2v) is 6.20. The maximum absolute atomic E-state index is 5.78. The van der Waals surface area contributed by atoms with Gasteiger partial charge in [0.25, 0.3) is 0 Å². The van der Waals surface area contributed by atoms with Crippen molar-refractivity contribution >= 4 is 33.0 Å². The smallest absolute Gasteiger partial charge is 0.247 e. The molecule has 2 aromatic heterocycles. The first-order chi connectivity index (χ1) is 11.7. The molecule has 3 heterocycles. The van der Waals surface area contributed by atoms with Crippen LogP contribution < -0.4 is 15.2 Å². The van der Waals surface area contributed by atoms with E-state index in [0.29, 0.717) is 36.0 Å². The highest BCUT2D eigenvalue weighted by Crippen LogP contribution is 2.39. The van der Waals surface area contributed by atoms with Gasteiger partial charge in [-0.05, 0) is 24.6 Å². The van der Waals surface area contributed by atoms with Gasteiger partial charge < -0.3 is 15.2 Å². The van der Waals surface area contributed by atoms with Crippen molar-refractivity contribution in [1.82, 2.24) is 19.9 Å². The van der Waals surface area contributed by atoms with Gasteiger partial charge in [-0.2, -0.15) is 9.97 Å². The first kappa shape index (κ1) is 15.1. The third-order valence-corrected chi connectivity index (χ3v) is 4.16. The van der Waals surface area contributed by atoms with E-state index in [9.17, 15) is 0 Å². The van der Waals surface area contributed by atoms with Crippen molar-refractivity contribution in [3.63, 3.8) is 0 Å². The molecule has 0 saturated heterocycles. The van der Waals surface area contributed by atoms with Gasteiger partial charge in [-0.3, -0.25) is 0 Å².